The van der Waals surface area contributed by atoms with Crippen molar-refractivity contribution < 1.29 is 0 Å². The van der Waals surface area contributed by atoms with Crippen molar-refractivity contribution in [2.45, 2.75) is 13.5 Å². The molecule has 118 valence electrons. The van der Waals surface area contributed by atoms with E-state index in [0.29, 0.717) is 0 Å². The lowest BCUT2D eigenvalue weighted by atomic mass is 10.2. The first kappa shape index (κ1) is 14.6. The van der Waals surface area contributed by atoms with Crippen LogP contribution in [0.15, 0.2) is 42.6 Å². The SMILES string of the molecule is Cc1ccc2nc(N3CCN(Cc4ccccn4)CC3)sc2c1. The topological polar surface area (TPSA) is 32.3 Å². The number of anilines is 1. The fourth-order valence-corrected chi connectivity index (χ4v) is 4.09. The van der Waals surface area contributed by atoms with Crippen LogP contribution in [0.3, 0.4) is 0 Å². The minimum absolute atomic E-state index is 0.938. The molecule has 0 amide bonds. The van der Waals surface area contributed by atoms with Crippen LogP contribution in [0.5, 0.6) is 0 Å². The first-order chi connectivity index (χ1) is 11.3. The van der Waals surface area contributed by atoms with Crippen molar-refractivity contribution in [1.29, 1.82) is 0 Å². The monoisotopic (exact) mass is 324 g/mol. The van der Waals surface area contributed by atoms with Gasteiger partial charge in [0.2, 0.25) is 0 Å². The standard InChI is InChI=1S/C18H20N4S/c1-14-5-6-16-17(12-14)23-18(20-16)22-10-8-21(9-11-22)13-15-4-2-3-7-19-15/h2-7,12H,8-11,13H2,1H3. The number of piperazine rings is 1. The lowest BCUT2D eigenvalue weighted by Crippen LogP contribution is -2.46. The molecule has 0 spiro atoms. The van der Waals surface area contributed by atoms with Crippen LogP contribution in [0.4, 0.5) is 5.13 Å². The lowest BCUT2D eigenvalue weighted by molar-refractivity contribution is 0.247. The molecule has 0 unspecified atom stereocenters. The molecule has 0 bridgehead atoms. The minimum Gasteiger partial charge on any atom is -0.345 e. The van der Waals surface area contributed by atoms with E-state index in [1.54, 1.807) is 0 Å². The van der Waals surface area contributed by atoms with E-state index < -0.39 is 0 Å². The maximum absolute atomic E-state index is 4.80. The summed E-state index contributed by atoms with van der Waals surface area (Å²) in [5, 5.41) is 1.16. The second-order valence-electron chi connectivity index (χ2n) is 6.05. The number of aromatic nitrogens is 2. The van der Waals surface area contributed by atoms with Gasteiger partial charge in [0.25, 0.3) is 0 Å². The summed E-state index contributed by atoms with van der Waals surface area (Å²) in [5.41, 5.74) is 3.57. The van der Waals surface area contributed by atoms with E-state index in [4.69, 9.17) is 4.98 Å². The van der Waals surface area contributed by atoms with Gasteiger partial charge in [-0.25, -0.2) is 4.98 Å². The molecule has 0 radical (unpaired) electrons. The Hall–Kier alpha value is -1.98. The third-order valence-electron chi connectivity index (χ3n) is 4.29. The summed E-state index contributed by atoms with van der Waals surface area (Å²) in [6, 6.07) is 12.6. The number of nitrogens with zero attached hydrogens (tertiary/aromatic N) is 4. The number of rotatable bonds is 3. The van der Waals surface area contributed by atoms with Gasteiger partial charge >= 0.3 is 0 Å². The Labute approximate surface area is 140 Å². The van der Waals surface area contributed by atoms with Crippen LogP contribution in [-0.2, 0) is 6.54 Å². The van der Waals surface area contributed by atoms with Crippen molar-refractivity contribution in [3.63, 3.8) is 0 Å². The maximum Gasteiger partial charge on any atom is 0.186 e. The average Bonchev–Trinajstić information content (AvgIpc) is 2.99. The zero-order valence-electron chi connectivity index (χ0n) is 13.3. The molecule has 5 heteroatoms. The Balaban J connectivity index is 1.42. The normalized spacial score (nSPS) is 16.1. The van der Waals surface area contributed by atoms with Crippen LogP contribution < -0.4 is 4.90 Å². The highest BCUT2D eigenvalue weighted by atomic mass is 32.1. The fourth-order valence-electron chi connectivity index (χ4n) is 2.97. The van der Waals surface area contributed by atoms with Crippen molar-refractivity contribution in [3.05, 3.63) is 53.9 Å². The predicted molar refractivity (Wildman–Crippen MR) is 96.1 cm³/mol. The van der Waals surface area contributed by atoms with E-state index in [2.05, 4.69) is 52.0 Å². The zero-order valence-corrected chi connectivity index (χ0v) is 14.1. The van der Waals surface area contributed by atoms with Crippen molar-refractivity contribution in [2.75, 3.05) is 31.1 Å². The largest absolute Gasteiger partial charge is 0.345 e. The van der Waals surface area contributed by atoms with Gasteiger partial charge < -0.3 is 4.90 Å². The molecule has 4 nitrogen and oxygen atoms in total. The summed E-state index contributed by atoms with van der Waals surface area (Å²) in [5.74, 6) is 0. The molecule has 0 saturated carbocycles. The molecule has 1 saturated heterocycles. The summed E-state index contributed by atoms with van der Waals surface area (Å²) >= 11 is 1.81. The van der Waals surface area contributed by atoms with Gasteiger partial charge in [-0.05, 0) is 36.8 Å². The van der Waals surface area contributed by atoms with Crippen molar-refractivity contribution in [1.82, 2.24) is 14.9 Å². The Morgan fingerprint density at radius 1 is 1.09 bits per heavy atom. The molecule has 1 aromatic carbocycles. The first-order valence-corrected chi connectivity index (χ1v) is 8.84. The second-order valence-corrected chi connectivity index (χ2v) is 7.06. The molecule has 3 heterocycles. The molecule has 1 aliphatic heterocycles. The summed E-state index contributed by atoms with van der Waals surface area (Å²) < 4.78 is 1.29. The molecule has 2 aromatic heterocycles. The van der Waals surface area contributed by atoms with Gasteiger partial charge in [-0.2, -0.15) is 0 Å². The number of pyridine rings is 1. The van der Waals surface area contributed by atoms with Crippen LogP contribution in [-0.4, -0.2) is 41.0 Å². The maximum atomic E-state index is 4.80. The van der Waals surface area contributed by atoms with E-state index in [9.17, 15) is 0 Å². The summed E-state index contributed by atoms with van der Waals surface area (Å²) in [7, 11) is 0. The highest BCUT2D eigenvalue weighted by Crippen LogP contribution is 2.30. The van der Waals surface area contributed by atoms with Crippen LogP contribution >= 0.6 is 11.3 Å². The highest BCUT2D eigenvalue weighted by Gasteiger charge is 2.20. The van der Waals surface area contributed by atoms with Crippen molar-refractivity contribution >= 4 is 26.7 Å². The fraction of sp³-hybridized carbons (Fsp3) is 0.333. The Morgan fingerprint density at radius 3 is 2.74 bits per heavy atom. The molecule has 1 fully saturated rings. The third kappa shape index (κ3) is 3.21. The Kier molecular flexibility index (Phi) is 3.97. The second kappa shape index (κ2) is 6.26. The van der Waals surface area contributed by atoms with E-state index in [0.717, 1.165) is 49.1 Å². The van der Waals surface area contributed by atoms with Gasteiger partial charge in [0.1, 0.15) is 0 Å². The molecule has 0 aliphatic carbocycles. The van der Waals surface area contributed by atoms with E-state index in [1.165, 1.54) is 10.3 Å². The summed E-state index contributed by atoms with van der Waals surface area (Å²) in [4.78, 5) is 14.1. The number of fused-ring (bicyclic) bond motifs is 1. The van der Waals surface area contributed by atoms with Crippen LogP contribution in [0.25, 0.3) is 10.2 Å². The smallest absolute Gasteiger partial charge is 0.186 e. The van der Waals surface area contributed by atoms with Gasteiger partial charge in [0, 0.05) is 38.9 Å². The predicted octanol–water partition coefficient (Wildman–Crippen LogP) is 3.32. The molecule has 4 rings (SSSR count). The van der Waals surface area contributed by atoms with Gasteiger partial charge in [-0.1, -0.05) is 23.5 Å². The number of hydrogen-bond acceptors (Lipinski definition) is 5. The number of benzene rings is 1. The number of hydrogen-bond donors (Lipinski definition) is 0. The van der Waals surface area contributed by atoms with Crippen LogP contribution in [0.2, 0.25) is 0 Å². The lowest BCUT2D eigenvalue weighted by Gasteiger charge is -2.34. The number of thiazole rings is 1. The average molecular weight is 324 g/mol. The minimum atomic E-state index is 0.938. The van der Waals surface area contributed by atoms with Crippen molar-refractivity contribution in [3.8, 4) is 0 Å². The van der Waals surface area contributed by atoms with Gasteiger partial charge in [-0.3, -0.25) is 9.88 Å². The molecule has 3 aromatic rings. The molecule has 0 N–H and O–H groups in total. The first-order valence-electron chi connectivity index (χ1n) is 8.02. The van der Waals surface area contributed by atoms with Crippen LogP contribution in [0.1, 0.15) is 11.3 Å². The molecule has 1 aliphatic rings. The van der Waals surface area contributed by atoms with Gasteiger partial charge in [0.15, 0.2) is 5.13 Å². The molecule has 0 atom stereocenters. The zero-order chi connectivity index (χ0) is 15.6. The van der Waals surface area contributed by atoms with Crippen molar-refractivity contribution in [2.24, 2.45) is 0 Å². The molecular weight excluding hydrogens is 304 g/mol. The highest BCUT2D eigenvalue weighted by molar-refractivity contribution is 7.22. The third-order valence-corrected chi connectivity index (χ3v) is 5.37. The van der Waals surface area contributed by atoms with Gasteiger partial charge in [-0.15, -0.1) is 0 Å². The van der Waals surface area contributed by atoms with E-state index in [-0.39, 0.29) is 0 Å². The Morgan fingerprint density at radius 2 is 1.96 bits per heavy atom. The summed E-state index contributed by atoms with van der Waals surface area (Å²) in [6.45, 7) is 7.26. The van der Waals surface area contributed by atoms with E-state index >= 15 is 0 Å². The molecular formula is C18H20N4S. The van der Waals surface area contributed by atoms with E-state index in [1.807, 2.05) is 23.6 Å². The quantitative estimate of drug-likeness (QED) is 0.740. The Bertz CT molecular complexity index is 791. The number of aryl methyl sites for hydroxylation is 1. The van der Waals surface area contributed by atoms with Gasteiger partial charge in [0.05, 0.1) is 15.9 Å². The molecule has 23 heavy (non-hydrogen) atoms. The summed E-state index contributed by atoms with van der Waals surface area (Å²) in [6.07, 6.45) is 1.87. The van der Waals surface area contributed by atoms with Crippen LogP contribution in [0, 0.1) is 6.92 Å².